The number of hydrogen-bond acceptors (Lipinski definition) is 2. The summed E-state index contributed by atoms with van der Waals surface area (Å²) in [6, 6.07) is 12.1. The third kappa shape index (κ3) is 8.64. The van der Waals surface area contributed by atoms with Crippen LogP contribution < -0.4 is 5.32 Å². The van der Waals surface area contributed by atoms with Crippen LogP contribution in [0.5, 0.6) is 0 Å². The molecule has 0 saturated heterocycles. The molecule has 0 saturated carbocycles. The first-order valence-corrected chi connectivity index (χ1v) is 9.38. The van der Waals surface area contributed by atoms with E-state index in [0.717, 1.165) is 30.7 Å². The van der Waals surface area contributed by atoms with E-state index in [-0.39, 0.29) is 30.8 Å². The summed E-state index contributed by atoms with van der Waals surface area (Å²) in [6.45, 7) is 0.798. The Kier molecular flexibility index (Phi) is 9.96. The molecule has 1 unspecified atom stereocenters. The molecule has 0 heterocycles. The molecule has 8 heteroatoms. The quantitative estimate of drug-likeness (QED) is 0.576. The second-order valence-electron chi connectivity index (χ2n) is 6.96. The van der Waals surface area contributed by atoms with Crippen LogP contribution in [0.4, 0.5) is 13.2 Å². The molecule has 29 heavy (non-hydrogen) atoms. The van der Waals surface area contributed by atoms with Gasteiger partial charge >= 0.3 is 6.18 Å². The molecule has 1 amide bonds. The Hall–Kier alpha value is -1.76. The summed E-state index contributed by atoms with van der Waals surface area (Å²) in [4.78, 5) is 14.4. The van der Waals surface area contributed by atoms with E-state index in [1.807, 2.05) is 31.1 Å². The number of amides is 1. The van der Waals surface area contributed by atoms with Gasteiger partial charge in [0, 0.05) is 11.4 Å². The number of carbonyl (C=O) groups is 1. The molecule has 0 bridgehead atoms. The fourth-order valence-electron chi connectivity index (χ4n) is 2.79. The van der Waals surface area contributed by atoms with Gasteiger partial charge in [0.25, 0.3) is 0 Å². The van der Waals surface area contributed by atoms with E-state index in [1.165, 1.54) is 12.1 Å². The molecule has 0 aliphatic heterocycles. The lowest BCUT2D eigenvalue weighted by Gasteiger charge is -2.21. The molecule has 160 valence electrons. The van der Waals surface area contributed by atoms with Crippen LogP contribution in [-0.4, -0.2) is 31.4 Å². The number of alkyl halides is 3. The Balaban J connectivity index is 0.00000420. The molecule has 2 rings (SSSR count). The lowest BCUT2D eigenvalue weighted by molar-refractivity contribution is -0.137. The van der Waals surface area contributed by atoms with E-state index in [4.69, 9.17) is 11.6 Å². The minimum absolute atomic E-state index is 0. The van der Waals surface area contributed by atoms with Gasteiger partial charge in [0.1, 0.15) is 0 Å². The molecule has 2 aromatic carbocycles. The summed E-state index contributed by atoms with van der Waals surface area (Å²) >= 11 is 5.94. The second-order valence-corrected chi connectivity index (χ2v) is 7.39. The van der Waals surface area contributed by atoms with E-state index < -0.39 is 11.7 Å². The van der Waals surface area contributed by atoms with Crippen LogP contribution in [-0.2, 0) is 17.4 Å². The number of halogens is 5. The fraction of sp³-hybridized carbons (Fsp3) is 0.381. The van der Waals surface area contributed by atoms with Crippen molar-refractivity contribution < 1.29 is 18.0 Å². The maximum atomic E-state index is 12.6. The Bertz CT molecular complexity index is 763. The molecule has 2 aromatic rings. The minimum atomic E-state index is -4.35. The van der Waals surface area contributed by atoms with Gasteiger partial charge in [-0.2, -0.15) is 13.2 Å². The Morgan fingerprint density at radius 2 is 1.66 bits per heavy atom. The van der Waals surface area contributed by atoms with E-state index in [1.54, 1.807) is 12.1 Å². The van der Waals surface area contributed by atoms with Gasteiger partial charge in [-0.05, 0) is 68.9 Å². The van der Waals surface area contributed by atoms with Gasteiger partial charge in [-0.1, -0.05) is 35.9 Å². The first-order chi connectivity index (χ1) is 13.1. The topological polar surface area (TPSA) is 32.3 Å². The average molecular weight is 449 g/mol. The molecule has 0 aromatic heterocycles. The highest BCUT2D eigenvalue weighted by atomic mass is 35.5. The normalized spacial score (nSPS) is 12.4. The second kappa shape index (κ2) is 11.4. The summed E-state index contributed by atoms with van der Waals surface area (Å²) in [7, 11) is 3.93. The molecular weight excluding hydrogens is 424 g/mol. The molecule has 0 radical (unpaired) electrons. The monoisotopic (exact) mass is 448 g/mol. The van der Waals surface area contributed by atoms with E-state index in [0.29, 0.717) is 17.0 Å². The Labute approximate surface area is 180 Å². The number of aryl methyl sites for hydroxylation is 1. The molecule has 3 nitrogen and oxygen atoms in total. The van der Waals surface area contributed by atoms with E-state index in [9.17, 15) is 18.0 Å². The summed E-state index contributed by atoms with van der Waals surface area (Å²) < 4.78 is 37.9. The van der Waals surface area contributed by atoms with Crippen LogP contribution >= 0.6 is 24.0 Å². The van der Waals surface area contributed by atoms with E-state index >= 15 is 0 Å². The van der Waals surface area contributed by atoms with Crippen molar-refractivity contribution in [3.63, 3.8) is 0 Å². The fourth-order valence-corrected chi connectivity index (χ4v) is 2.92. The van der Waals surface area contributed by atoms with Gasteiger partial charge in [0.2, 0.25) is 5.91 Å². The van der Waals surface area contributed by atoms with Crippen LogP contribution in [0.1, 0.15) is 35.6 Å². The number of carbonyl (C=O) groups excluding carboxylic acids is 1. The Morgan fingerprint density at radius 3 is 2.17 bits per heavy atom. The van der Waals surface area contributed by atoms with Crippen LogP contribution in [0.3, 0.4) is 0 Å². The third-order valence-corrected chi connectivity index (χ3v) is 4.65. The highest BCUT2D eigenvalue weighted by Crippen LogP contribution is 2.29. The Morgan fingerprint density at radius 1 is 1.07 bits per heavy atom. The summed E-state index contributed by atoms with van der Waals surface area (Å²) in [5, 5.41) is 3.65. The molecule has 0 aliphatic carbocycles. The van der Waals surface area contributed by atoms with Crippen LogP contribution in [0, 0.1) is 0 Å². The summed E-state index contributed by atoms with van der Waals surface area (Å²) in [5.74, 6) is -0.140. The number of rotatable bonds is 8. The highest BCUT2D eigenvalue weighted by Gasteiger charge is 2.29. The molecule has 1 atom stereocenters. The van der Waals surface area contributed by atoms with Crippen molar-refractivity contribution in [2.24, 2.45) is 0 Å². The van der Waals surface area contributed by atoms with Crippen LogP contribution in [0.15, 0.2) is 48.5 Å². The lowest BCUT2D eigenvalue weighted by atomic mass is 10.0. The zero-order chi connectivity index (χ0) is 20.7. The highest BCUT2D eigenvalue weighted by molar-refractivity contribution is 6.30. The zero-order valence-corrected chi connectivity index (χ0v) is 17.9. The van der Waals surface area contributed by atoms with Gasteiger partial charge in [-0.15, -0.1) is 12.4 Å². The maximum absolute atomic E-state index is 12.6. The molecular formula is C21H25Cl2F3N2O. The van der Waals surface area contributed by atoms with Crippen molar-refractivity contribution in [1.29, 1.82) is 0 Å². The summed E-state index contributed by atoms with van der Waals surface area (Å²) in [6.07, 6.45) is -3.03. The minimum Gasteiger partial charge on any atom is -0.349 e. The van der Waals surface area contributed by atoms with Gasteiger partial charge in [-0.3, -0.25) is 4.79 Å². The molecule has 0 fully saturated rings. The van der Waals surface area contributed by atoms with Crippen LogP contribution in [0.2, 0.25) is 5.02 Å². The number of benzene rings is 2. The number of hydrogen-bond donors (Lipinski definition) is 1. The van der Waals surface area contributed by atoms with Crippen molar-refractivity contribution >= 4 is 29.9 Å². The number of nitrogens with zero attached hydrogens (tertiary/aromatic N) is 1. The van der Waals surface area contributed by atoms with Crippen molar-refractivity contribution in [2.45, 2.75) is 31.5 Å². The molecule has 0 aliphatic rings. The lowest BCUT2D eigenvalue weighted by Crippen LogP contribution is -2.31. The smallest absolute Gasteiger partial charge is 0.349 e. The third-order valence-electron chi connectivity index (χ3n) is 4.39. The average Bonchev–Trinajstić information content (AvgIpc) is 2.63. The first-order valence-electron chi connectivity index (χ1n) is 9.01. The molecule has 0 spiro atoms. The SMILES string of the molecule is CN(C)CCC(NC(=O)CCc1ccc(C(F)(F)F)cc1)c1ccc(Cl)cc1.Cl. The first kappa shape index (κ1) is 25.3. The summed E-state index contributed by atoms with van der Waals surface area (Å²) in [5.41, 5.74) is 0.973. The van der Waals surface area contributed by atoms with Crippen molar-refractivity contribution in [3.8, 4) is 0 Å². The van der Waals surface area contributed by atoms with Gasteiger partial charge in [0.15, 0.2) is 0 Å². The van der Waals surface area contributed by atoms with Crippen molar-refractivity contribution in [3.05, 3.63) is 70.2 Å². The molecule has 1 N–H and O–H groups in total. The van der Waals surface area contributed by atoms with Crippen LogP contribution in [0.25, 0.3) is 0 Å². The van der Waals surface area contributed by atoms with E-state index in [2.05, 4.69) is 5.32 Å². The van der Waals surface area contributed by atoms with Gasteiger partial charge in [-0.25, -0.2) is 0 Å². The predicted molar refractivity (Wildman–Crippen MR) is 113 cm³/mol. The van der Waals surface area contributed by atoms with Crippen molar-refractivity contribution in [1.82, 2.24) is 10.2 Å². The maximum Gasteiger partial charge on any atom is 0.416 e. The zero-order valence-electron chi connectivity index (χ0n) is 16.3. The predicted octanol–water partition coefficient (Wildman–Crippen LogP) is 5.52. The standard InChI is InChI=1S/C21H24ClF3N2O.ClH/c1-27(2)14-13-19(16-6-10-18(22)11-7-16)26-20(28)12-5-15-3-8-17(9-4-15)21(23,24)25;/h3-4,6-11,19H,5,12-14H2,1-2H3,(H,26,28);1H. The van der Waals surface area contributed by atoms with Gasteiger partial charge < -0.3 is 10.2 Å². The number of nitrogens with one attached hydrogen (secondary N) is 1. The van der Waals surface area contributed by atoms with Crippen molar-refractivity contribution in [2.75, 3.05) is 20.6 Å². The van der Waals surface area contributed by atoms with Gasteiger partial charge in [0.05, 0.1) is 11.6 Å². The largest absolute Gasteiger partial charge is 0.416 e.